The third-order valence-electron chi connectivity index (χ3n) is 3.46. The minimum atomic E-state index is -0.114. The van der Waals surface area contributed by atoms with Crippen LogP contribution in [0.2, 0.25) is 5.02 Å². The normalized spacial score (nSPS) is 12.2. The van der Waals surface area contributed by atoms with E-state index >= 15 is 0 Å². The van der Waals surface area contributed by atoms with E-state index in [1.807, 2.05) is 43.1 Å². The van der Waals surface area contributed by atoms with Crippen LogP contribution in [0.15, 0.2) is 17.6 Å². The molecule has 1 atom stereocenters. The number of nitrogens with zero attached hydrogens (tertiary/aromatic N) is 3. The molecule has 0 fully saturated rings. The first-order valence-electron chi connectivity index (χ1n) is 7.15. The van der Waals surface area contributed by atoms with Gasteiger partial charge in [-0.3, -0.25) is 0 Å². The third-order valence-corrected chi connectivity index (χ3v) is 4.74. The number of nitrogens with one attached hydrogen (secondary N) is 1. The molecule has 0 aromatic carbocycles. The largest absolute Gasteiger partial charge is 0.351 e. The first kappa shape index (κ1) is 16.8. The van der Waals surface area contributed by atoms with Crippen LogP contribution in [0.1, 0.15) is 35.8 Å². The van der Waals surface area contributed by atoms with Crippen molar-refractivity contribution in [2.45, 2.75) is 32.9 Å². The van der Waals surface area contributed by atoms with Gasteiger partial charge in [-0.1, -0.05) is 18.5 Å². The Labute approximate surface area is 139 Å². The van der Waals surface area contributed by atoms with Crippen molar-refractivity contribution in [1.29, 1.82) is 0 Å². The summed E-state index contributed by atoms with van der Waals surface area (Å²) in [5, 5.41) is 6.66. The molecule has 22 heavy (non-hydrogen) atoms. The number of aromatic nitrogens is 2. The molecular weight excluding hydrogens is 320 g/mol. The van der Waals surface area contributed by atoms with Gasteiger partial charge in [0.05, 0.1) is 17.6 Å². The molecule has 2 amide bonds. The summed E-state index contributed by atoms with van der Waals surface area (Å²) < 4.78 is 1.92. The van der Waals surface area contributed by atoms with Crippen molar-refractivity contribution in [3.05, 3.63) is 39.1 Å². The van der Waals surface area contributed by atoms with Gasteiger partial charge in [-0.15, -0.1) is 11.3 Å². The fraction of sp³-hybridized carbons (Fsp3) is 0.467. The van der Waals surface area contributed by atoms with E-state index in [1.165, 1.54) is 0 Å². The number of thiazole rings is 1. The minimum absolute atomic E-state index is 0.0503. The Kier molecular flexibility index (Phi) is 5.47. The number of aryl methyl sites for hydroxylation is 2. The van der Waals surface area contributed by atoms with Crippen LogP contribution in [-0.2, 0) is 13.6 Å². The number of hydrogen-bond acceptors (Lipinski definition) is 3. The zero-order valence-electron chi connectivity index (χ0n) is 13.3. The second-order valence-electron chi connectivity index (χ2n) is 5.35. The topological polar surface area (TPSA) is 50.2 Å². The van der Waals surface area contributed by atoms with Crippen LogP contribution >= 0.6 is 22.9 Å². The lowest BCUT2D eigenvalue weighted by Gasteiger charge is -2.22. The summed E-state index contributed by atoms with van der Waals surface area (Å²) in [4.78, 5) is 18.5. The highest BCUT2D eigenvalue weighted by Crippen LogP contribution is 2.21. The summed E-state index contributed by atoms with van der Waals surface area (Å²) >= 11 is 7.55. The number of amides is 2. The molecule has 0 aliphatic carbocycles. The average molecular weight is 341 g/mol. The van der Waals surface area contributed by atoms with Crippen LogP contribution in [0.5, 0.6) is 0 Å². The molecule has 2 aromatic heterocycles. The van der Waals surface area contributed by atoms with Crippen molar-refractivity contribution in [3.8, 4) is 0 Å². The molecule has 0 aliphatic heterocycles. The Bertz CT molecular complexity index is 652. The van der Waals surface area contributed by atoms with Crippen LogP contribution in [0, 0.1) is 6.92 Å². The fourth-order valence-corrected chi connectivity index (χ4v) is 3.37. The smallest absolute Gasteiger partial charge is 0.318 e. The van der Waals surface area contributed by atoms with Crippen molar-refractivity contribution >= 4 is 29.0 Å². The predicted molar refractivity (Wildman–Crippen MR) is 90.3 cm³/mol. The number of carbonyl (C=O) groups is 1. The number of carbonyl (C=O) groups excluding carboxylic acids is 1. The highest BCUT2D eigenvalue weighted by molar-refractivity contribution is 7.09. The summed E-state index contributed by atoms with van der Waals surface area (Å²) in [5.74, 6) is 0. The second kappa shape index (κ2) is 7.15. The fourth-order valence-electron chi connectivity index (χ4n) is 2.17. The Morgan fingerprint density at radius 1 is 1.59 bits per heavy atom. The molecule has 7 heteroatoms. The summed E-state index contributed by atoms with van der Waals surface area (Å²) in [5.41, 5.74) is 1.97. The van der Waals surface area contributed by atoms with Crippen molar-refractivity contribution in [3.63, 3.8) is 0 Å². The molecule has 120 valence electrons. The standard InChI is InChI=1S/C15H21ClN4OS/c1-5-13(14-17-10(2)9-22-14)18-15(21)20(4)8-12-6-11(16)7-19(12)3/h6-7,9,13H,5,8H2,1-4H3,(H,18,21)/t13-/m1/s1. The lowest BCUT2D eigenvalue weighted by atomic mass is 10.2. The van der Waals surface area contributed by atoms with Gasteiger partial charge in [-0.25, -0.2) is 9.78 Å². The molecule has 0 saturated heterocycles. The van der Waals surface area contributed by atoms with Gasteiger partial charge in [0.15, 0.2) is 0 Å². The Morgan fingerprint density at radius 3 is 2.82 bits per heavy atom. The Morgan fingerprint density at radius 2 is 2.32 bits per heavy atom. The maximum atomic E-state index is 12.4. The molecule has 2 heterocycles. The number of rotatable bonds is 5. The molecule has 0 bridgehead atoms. The van der Waals surface area contributed by atoms with Crippen LogP contribution < -0.4 is 5.32 Å². The molecule has 0 radical (unpaired) electrons. The van der Waals surface area contributed by atoms with E-state index in [4.69, 9.17) is 11.6 Å². The first-order chi connectivity index (χ1) is 10.4. The molecular formula is C15H21ClN4OS. The lowest BCUT2D eigenvalue weighted by molar-refractivity contribution is 0.201. The molecule has 5 nitrogen and oxygen atoms in total. The highest BCUT2D eigenvalue weighted by Gasteiger charge is 2.19. The molecule has 0 saturated carbocycles. The monoisotopic (exact) mass is 340 g/mol. The van der Waals surface area contributed by atoms with Crippen molar-refractivity contribution < 1.29 is 4.79 Å². The number of hydrogen-bond donors (Lipinski definition) is 1. The minimum Gasteiger partial charge on any atom is -0.351 e. The van der Waals surface area contributed by atoms with Gasteiger partial charge >= 0.3 is 6.03 Å². The predicted octanol–water partition coefficient (Wildman–Crippen LogP) is 3.74. The van der Waals surface area contributed by atoms with E-state index in [9.17, 15) is 4.79 Å². The maximum absolute atomic E-state index is 12.4. The summed E-state index contributed by atoms with van der Waals surface area (Å²) in [6.07, 6.45) is 2.64. The molecule has 2 aromatic rings. The Balaban J connectivity index is 1.99. The molecule has 0 aliphatic rings. The van der Waals surface area contributed by atoms with Crippen molar-refractivity contribution in [2.75, 3.05) is 7.05 Å². The van der Waals surface area contributed by atoms with E-state index in [2.05, 4.69) is 10.3 Å². The van der Waals surface area contributed by atoms with E-state index in [0.717, 1.165) is 22.8 Å². The van der Waals surface area contributed by atoms with E-state index in [-0.39, 0.29) is 12.1 Å². The van der Waals surface area contributed by atoms with Gasteiger partial charge in [0.1, 0.15) is 5.01 Å². The zero-order valence-corrected chi connectivity index (χ0v) is 14.8. The molecule has 1 N–H and O–H groups in total. The van der Waals surface area contributed by atoms with Crippen LogP contribution in [0.4, 0.5) is 4.79 Å². The van der Waals surface area contributed by atoms with Gasteiger partial charge < -0.3 is 14.8 Å². The molecule has 0 spiro atoms. The van der Waals surface area contributed by atoms with Gasteiger partial charge in [-0.05, 0) is 19.4 Å². The Hall–Kier alpha value is -1.53. The number of halogens is 1. The summed E-state index contributed by atoms with van der Waals surface area (Å²) in [6.45, 7) is 4.50. The van der Waals surface area contributed by atoms with E-state index in [1.54, 1.807) is 23.3 Å². The van der Waals surface area contributed by atoms with Crippen molar-refractivity contribution in [2.24, 2.45) is 7.05 Å². The zero-order chi connectivity index (χ0) is 16.3. The SMILES string of the molecule is CC[C@@H](NC(=O)N(C)Cc1cc(Cl)cn1C)c1nc(C)cs1. The van der Waals surface area contributed by atoms with Gasteiger partial charge in [0.25, 0.3) is 0 Å². The van der Waals surface area contributed by atoms with Gasteiger partial charge in [0.2, 0.25) is 0 Å². The summed E-state index contributed by atoms with van der Waals surface area (Å²) in [7, 11) is 3.69. The molecule has 0 unspecified atom stereocenters. The van der Waals surface area contributed by atoms with Crippen LogP contribution in [0.25, 0.3) is 0 Å². The highest BCUT2D eigenvalue weighted by atomic mass is 35.5. The summed E-state index contributed by atoms with van der Waals surface area (Å²) in [6, 6.07) is 1.70. The van der Waals surface area contributed by atoms with Gasteiger partial charge in [-0.2, -0.15) is 0 Å². The number of urea groups is 1. The quantitative estimate of drug-likeness (QED) is 0.901. The average Bonchev–Trinajstić information content (AvgIpc) is 3.02. The first-order valence-corrected chi connectivity index (χ1v) is 8.40. The van der Waals surface area contributed by atoms with E-state index in [0.29, 0.717) is 11.6 Å². The third kappa shape index (κ3) is 4.01. The van der Waals surface area contributed by atoms with Crippen LogP contribution in [0.3, 0.4) is 0 Å². The second-order valence-corrected chi connectivity index (χ2v) is 6.68. The lowest BCUT2D eigenvalue weighted by Crippen LogP contribution is -2.39. The van der Waals surface area contributed by atoms with Crippen molar-refractivity contribution in [1.82, 2.24) is 19.8 Å². The van der Waals surface area contributed by atoms with E-state index < -0.39 is 0 Å². The van der Waals surface area contributed by atoms with Gasteiger partial charge in [0, 0.05) is 37.1 Å². The molecule has 2 rings (SSSR count). The van der Waals surface area contributed by atoms with Crippen LogP contribution in [-0.4, -0.2) is 27.5 Å². The maximum Gasteiger partial charge on any atom is 0.318 e.